The van der Waals surface area contributed by atoms with Gasteiger partial charge in [0.2, 0.25) is 0 Å². The monoisotopic (exact) mass is 254 g/mol. The van der Waals surface area contributed by atoms with Gasteiger partial charge in [-0.05, 0) is 34.1 Å². The second-order valence-electron chi connectivity index (χ2n) is 6.07. The molecule has 0 radical (unpaired) electrons. The van der Waals surface area contributed by atoms with Gasteiger partial charge in [-0.25, -0.2) is 0 Å². The minimum Gasteiger partial charge on any atom is -0.400 e. The van der Waals surface area contributed by atoms with Gasteiger partial charge < -0.3 is 14.4 Å². The summed E-state index contributed by atoms with van der Waals surface area (Å²) in [5, 5.41) is 9.80. The van der Waals surface area contributed by atoms with Gasteiger partial charge in [-0.1, -0.05) is 38.2 Å². The summed E-state index contributed by atoms with van der Waals surface area (Å²) in [5.41, 5.74) is -0.621. The highest BCUT2D eigenvalue weighted by Gasteiger charge is 2.49. The molecule has 0 aliphatic carbocycles. The van der Waals surface area contributed by atoms with Crippen LogP contribution in [0.2, 0.25) is 0 Å². The van der Waals surface area contributed by atoms with Crippen molar-refractivity contribution in [2.45, 2.75) is 77.6 Å². The van der Waals surface area contributed by atoms with Crippen molar-refractivity contribution in [1.82, 2.24) is 0 Å². The van der Waals surface area contributed by atoms with Crippen LogP contribution in [0.25, 0.3) is 0 Å². The highest BCUT2D eigenvalue weighted by Crippen LogP contribution is 2.36. The van der Waals surface area contributed by atoms with E-state index in [1.165, 1.54) is 12.8 Å². The van der Waals surface area contributed by atoms with Crippen molar-refractivity contribution in [3.05, 3.63) is 12.1 Å². The van der Waals surface area contributed by atoms with Crippen LogP contribution in [0.1, 0.15) is 60.3 Å². The number of hydrogen-bond donors (Lipinski definition) is 1. The molecule has 1 N–H and O–H groups in total. The summed E-state index contributed by atoms with van der Waals surface area (Å²) in [6.45, 7) is 10.3. The summed E-state index contributed by atoms with van der Waals surface area (Å²) in [6.07, 6.45) is 5.61. The standard InChI is InChI=1S/C14H27BO3/c1-6-7-8-9-12(16)10-11-15-17-13(2,3)14(4,5)18-15/h10-12,16H,6-9H2,1-5H3/b11-10+. The molecule has 1 heterocycles. The summed E-state index contributed by atoms with van der Waals surface area (Å²) in [6, 6.07) is 0. The van der Waals surface area contributed by atoms with Crippen molar-refractivity contribution >= 4 is 7.12 Å². The fourth-order valence-corrected chi connectivity index (χ4v) is 1.89. The Bertz CT molecular complexity index is 271. The smallest absolute Gasteiger partial charge is 0.400 e. The summed E-state index contributed by atoms with van der Waals surface area (Å²) in [7, 11) is -0.351. The molecular weight excluding hydrogens is 227 g/mol. The Morgan fingerprint density at radius 1 is 1.11 bits per heavy atom. The van der Waals surface area contributed by atoms with Crippen LogP contribution in [0, 0.1) is 0 Å². The first-order chi connectivity index (χ1) is 8.28. The Kier molecular flexibility index (Phi) is 5.44. The third kappa shape index (κ3) is 4.11. The van der Waals surface area contributed by atoms with Crippen LogP contribution in [0.4, 0.5) is 0 Å². The van der Waals surface area contributed by atoms with Gasteiger partial charge in [-0.2, -0.15) is 0 Å². The maximum atomic E-state index is 9.80. The number of aliphatic hydroxyl groups excluding tert-OH is 1. The van der Waals surface area contributed by atoms with Crippen LogP contribution in [0.5, 0.6) is 0 Å². The van der Waals surface area contributed by atoms with Crippen LogP contribution in [-0.2, 0) is 9.31 Å². The van der Waals surface area contributed by atoms with E-state index < -0.39 is 6.10 Å². The lowest BCUT2D eigenvalue weighted by Gasteiger charge is -2.32. The number of aliphatic hydroxyl groups is 1. The van der Waals surface area contributed by atoms with Gasteiger partial charge in [0.05, 0.1) is 17.3 Å². The molecule has 0 aromatic carbocycles. The van der Waals surface area contributed by atoms with Crippen LogP contribution < -0.4 is 0 Å². The van der Waals surface area contributed by atoms with Crippen LogP contribution in [0.15, 0.2) is 12.1 Å². The first-order valence-corrected chi connectivity index (χ1v) is 7.00. The molecule has 0 amide bonds. The van der Waals surface area contributed by atoms with Gasteiger partial charge >= 0.3 is 7.12 Å². The quantitative estimate of drug-likeness (QED) is 0.584. The first kappa shape index (κ1) is 15.7. The summed E-state index contributed by atoms with van der Waals surface area (Å²) < 4.78 is 11.6. The predicted molar refractivity (Wildman–Crippen MR) is 75.4 cm³/mol. The molecule has 1 unspecified atom stereocenters. The zero-order chi connectivity index (χ0) is 13.8. The van der Waals surface area contributed by atoms with Crippen molar-refractivity contribution in [2.75, 3.05) is 0 Å². The first-order valence-electron chi connectivity index (χ1n) is 7.00. The molecule has 1 rings (SSSR count). The highest BCUT2D eigenvalue weighted by molar-refractivity contribution is 6.51. The van der Waals surface area contributed by atoms with Crippen LogP contribution >= 0.6 is 0 Å². The lowest BCUT2D eigenvalue weighted by Crippen LogP contribution is -2.41. The molecule has 0 spiro atoms. The van der Waals surface area contributed by atoms with Crippen molar-refractivity contribution in [3.63, 3.8) is 0 Å². The van der Waals surface area contributed by atoms with Gasteiger partial charge in [0.1, 0.15) is 0 Å². The normalized spacial score (nSPS) is 23.8. The Morgan fingerprint density at radius 3 is 2.17 bits per heavy atom. The molecule has 0 aromatic heterocycles. The van der Waals surface area contributed by atoms with E-state index in [9.17, 15) is 5.11 Å². The van der Waals surface area contributed by atoms with E-state index in [1.54, 1.807) is 6.08 Å². The molecule has 104 valence electrons. The van der Waals surface area contributed by atoms with Gasteiger partial charge in [-0.15, -0.1) is 0 Å². The molecule has 0 aromatic rings. The maximum Gasteiger partial charge on any atom is 0.486 e. The molecule has 3 nitrogen and oxygen atoms in total. The minimum atomic E-state index is -0.393. The third-order valence-electron chi connectivity index (χ3n) is 3.87. The molecule has 0 bridgehead atoms. The second kappa shape index (κ2) is 6.22. The fourth-order valence-electron chi connectivity index (χ4n) is 1.89. The van der Waals surface area contributed by atoms with Gasteiger partial charge in [0.15, 0.2) is 0 Å². The Labute approximate surface area is 112 Å². The molecule has 1 saturated heterocycles. The van der Waals surface area contributed by atoms with Crippen LogP contribution in [-0.4, -0.2) is 29.5 Å². The molecule has 1 fully saturated rings. The molecular formula is C14H27BO3. The van der Waals surface area contributed by atoms with Crippen molar-refractivity contribution in [3.8, 4) is 0 Å². The highest BCUT2D eigenvalue weighted by atomic mass is 16.7. The zero-order valence-electron chi connectivity index (χ0n) is 12.4. The van der Waals surface area contributed by atoms with E-state index >= 15 is 0 Å². The molecule has 4 heteroatoms. The Balaban J connectivity index is 2.40. The van der Waals surface area contributed by atoms with Crippen molar-refractivity contribution in [1.29, 1.82) is 0 Å². The molecule has 18 heavy (non-hydrogen) atoms. The zero-order valence-corrected chi connectivity index (χ0v) is 12.4. The lowest BCUT2D eigenvalue weighted by atomic mass is 9.89. The molecule has 1 aliphatic heterocycles. The van der Waals surface area contributed by atoms with Gasteiger partial charge in [0.25, 0.3) is 0 Å². The predicted octanol–water partition coefficient (Wildman–Crippen LogP) is 3.12. The number of hydrogen-bond acceptors (Lipinski definition) is 3. The van der Waals surface area contributed by atoms with Crippen molar-refractivity contribution < 1.29 is 14.4 Å². The van der Waals surface area contributed by atoms with E-state index in [-0.39, 0.29) is 18.3 Å². The Morgan fingerprint density at radius 2 is 1.67 bits per heavy atom. The fraction of sp³-hybridized carbons (Fsp3) is 0.857. The van der Waals surface area contributed by atoms with Gasteiger partial charge in [-0.3, -0.25) is 0 Å². The molecule has 1 aliphatic rings. The molecule has 0 saturated carbocycles. The SMILES string of the molecule is CCCCCC(O)/C=C/B1OC(C)(C)C(C)(C)O1. The summed E-state index contributed by atoms with van der Waals surface area (Å²) in [5.74, 6) is 1.83. The summed E-state index contributed by atoms with van der Waals surface area (Å²) >= 11 is 0. The van der Waals surface area contributed by atoms with E-state index in [2.05, 4.69) is 6.92 Å². The number of unbranched alkanes of at least 4 members (excludes halogenated alkanes) is 2. The molecule has 1 atom stereocenters. The van der Waals surface area contributed by atoms with Gasteiger partial charge in [0, 0.05) is 0 Å². The summed E-state index contributed by atoms with van der Waals surface area (Å²) in [4.78, 5) is 0. The minimum absolute atomic E-state index is 0.310. The van der Waals surface area contributed by atoms with E-state index in [4.69, 9.17) is 9.31 Å². The average molecular weight is 254 g/mol. The largest absolute Gasteiger partial charge is 0.486 e. The van der Waals surface area contributed by atoms with E-state index in [0.29, 0.717) is 0 Å². The third-order valence-corrected chi connectivity index (χ3v) is 3.87. The maximum absolute atomic E-state index is 9.80. The van der Waals surface area contributed by atoms with Crippen LogP contribution in [0.3, 0.4) is 0 Å². The average Bonchev–Trinajstić information content (AvgIpc) is 2.45. The second-order valence-corrected chi connectivity index (χ2v) is 6.07. The Hall–Kier alpha value is -0.315. The van der Waals surface area contributed by atoms with E-state index in [0.717, 1.165) is 12.8 Å². The topological polar surface area (TPSA) is 38.7 Å². The van der Waals surface area contributed by atoms with E-state index in [1.807, 2.05) is 33.7 Å². The van der Waals surface area contributed by atoms with Crippen molar-refractivity contribution in [2.24, 2.45) is 0 Å². The number of rotatable bonds is 6. The lowest BCUT2D eigenvalue weighted by molar-refractivity contribution is 0.00578.